The van der Waals surface area contributed by atoms with Crippen molar-refractivity contribution in [3.05, 3.63) is 83.0 Å². The van der Waals surface area contributed by atoms with Crippen molar-refractivity contribution in [2.45, 2.75) is 32.6 Å². The second kappa shape index (κ2) is 7.65. The Kier molecular flexibility index (Phi) is 5.32. The molecule has 0 saturated carbocycles. The predicted octanol–water partition coefficient (Wildman–Crippen LogP) is 6.28. The molecule has 0 heterocycles. The second-order valence-corrected chi connectivity index (χ2v) is 7.24. The summed E-state index contributed by atoms with van der Waals surface area (Å²) in [6.45, 7) is 8.43. The molecule has 2 N–H and O–H groups in total. The Labute approximate surface area is 155 Å². The topological polar surface area (TPSA) is 40.5 Å². The lowest BCUT2D eigenvalue weighted by Gasteiger charge is -2.32. The van der Waals surface area contributed by atoms with Crippen LogP contribution in [0.4, 0.5) is 0 Å². The van der Waals surface area contributed by atoms with Gasteiger partial charge in [-0.05, 0) is 61.9 Å². The van der Waals surface area contributed by atoms with Crippen LogP contribution in [-0.4, -0.2) is 10.2 Å². The molecule has 2 atom stereocenters. The maximum Gasteiger partial charge on any atom is 0.119 e. The summed E-state index contributed by atoms with van der Waals surface area (Å²) >= 11 is 0. The van der Waals surface area contributed by atoms with Crippen LogP contribution in [0.15, 0.2) is 66.3 Å². The van der Waals surface area contributed by atoms with Crippen molar-refractivity contribution in [3.63, 3.8) is 0 Å². The van der Waals surface area contributed by atoms with E-state index in [0.717, 1.165) is 35.1 Å². The Morgan fingerprint density at radius 1 is 1.08 bits per heavy atom. The molecule has 0 spiro atoms. The largest absolute Gasteiger partial charge is 0.508 e. The van der Waals surface area contributed by atoms with E-state index in [1.54, 1.807) is 18.2 Å². The molecule has 0 bridgehead atoms. The molecule has 1 aliphatic carbocycles. The van der Waals surface area contributed by atoms with E-state index in [1.807, 2.05) is 36.4 Å². The number of hydrogen-bond donors (Lipinski definition) is 2. The summed E-state index contributed by atoms with van der Waals surface area (Å²) in [5, 5.41) is 20.1. The highest BCUT2D eigenvalue weighted by Crippen LogP contribution is 2.44. The monoisotopic (exact) mass is 346 g/mol. The van der Waals surface area contributed by atoms with E-state index >= 15 is 0 Å². The zero-order valence-corrected chi connectivity index (χ0v) is 15.4. The second-order valence-electron chi connectivity index (χ2n) is 7.24. The molecular weight excluding hydrogens is 320 g/mol. The number of benzene rings is 2. The summed E-state index contributed by atoms with van der Waals surface area (Å²) in [6, 6.07) is 12.8. The zero-order chi connectivity index (χ0) is 18.7. The van der Waals surface area contributed by atoms with E-state index in [1.165, 1.54) is 5.57 Å². The average Bonchev–Trinajstić information content (AvgIpc) is 2.61. The first-order valence-electron chi connectivity index (χ1n) is 9.07. The molecular formula is C24H26O2. The van der Waals surface area contributed by atoms with Gasteiger partial charge in [0, 0.05) is 11.5 Å². The molecule has 2 nitrogen and oxygen atoms in total. The first kappa shape index (κ1) is 18.1. The minimum absolute atomic E-state index is 0.141. The molecule has 2 unspecified atom stereocenters. The third-order valence-electron chi connectivity index (χ3n) is 5.18. The number of aromatic hydroxyl groups is 2. The third kappa shape index (κ3) is 3.91. The molecule has 2 aromatic rings. The van der Waals surface area contributed by atoms with Gasteiger partial charge in [-0.1, -0.05) is 60.2 Å². The van der Waals surface area contributed by atoms with Crippen LogP contribution in [0.25, 0.3) is 12.2 Å². The van der Waals surface area contributed by atoms with Crippen LogP contribution in [0.2, 0.25) is 0 Å². The molecule has 0 amide bonds. The Morgan fingerprint density at radius 3 is 2.50 bits per heavy atom. The van der Waals surface area contributed by atoms with Gasteiger partial charge in [-0.3, -0.25) is 0 Å². The first-order valence-corrected chi connectivity index (χ1v) is 9.07. The summed E-state index contributed by atoms with van der Waals surface area (Å²) in [7, 11) is 0. The van der Waals surface area contributed by atoms with E-state index < -0.39 is 0 Å². The normalized spacial score (nSPS) is 20.2. The van der Waals surface area contributed by atoms with Gasteiger partial charge in [-0.25, -0.2) is 0 Å². The molecule has 2 aromatic carbocycles. The Hall–Kier alpha value is -2.74. The number of phenols is 2. The summed E-state index contributed by atoms with van der Waals surface area (Å²) < 4.78 is 0. The highest BCUT2D eigenvalue weighted by atomic mass is 16.3. The lowest BCUT2D eigenvalue weighted by molar-refractivity contribution is 0.436. The Balaban J connectivity index is 2.03. The van der Waals surface area contributed by atoms with Gasteiger partial charge in [0.15, 0.2) is 0 Å². The van der Waals surface area contributed by atoms with Crippen LogP contribution >= 0.6 is 0 Å². The standard InChI is InChI=1S/C24H26O2/c1-16(2)21-14-7-17(3)15-22(21)24-19(5-4-6-23(24)26)11-8-18-9-12-20(25)13-10-18/h4-6,8-13,15,21-22,25-26H,1,7,14H2,2-3H3/b11-8+. The Bertz CT molecular complexity index is 856. The van der Waals surface area contributed by atoms with Gasteiger partial charge >= 0.3 is 0 Å². The summed E-state index contributed by atoms with van der Waals surface area (Å²) in [5.41, 5.74) is 5.51. The lowest BCUT2D eigenvalue weighted by atomic mass is 9.73. The van der Waals surface area contributed by atoms with Crippen molar-refractivity contribution in [2.75, 3.05) is 0 Å². The van der Waals surface area contributed by atoms with Gasteiger partial charge in [-0.15, -0.1) is 0 Å². The van der Waals surface area contributed by atoms with Crippen LogP contribution in [0, 0.1) is 5.92 Å². The smallest absolute Gasteiger partial charge is 0.119 e. The lowest BCUT2D eigenvalue weighted by Crippen LogP contribution is -2.17. The molecule has 0 fully saturated rings. The fourth-order valence-corrected chi connectivity index (χ4v) is 3.76. The van der Waals surface area contributed by atoms with Crippen LogP contribution < -0.4 is 0 Å². The fourth-order valence-electron chi connectivity index (χ4n) is 3.76. The highest BCUT2D eigenvalue weighted by molar-refractivity contribution is 5.73. The van der Waals surface area contributed by atoms with Gasteiger partial charge in [-0.2, -0.15) is 0 Å². The van der Waals surface area contributed by atoms with E-state index in [2.05, 4.69) is 26.5 Å². The highest BCUT2D eigenvalue weighted by Gasteiger charge is 2.28. The fraction of sp³-hybridized carbons (Fsp3) is 0.250. The molecule has 0 aliphatic heterocycles. The van der Waals surface area contributed by atoms with Gasteiger partial charge < -0.3 is 10.2 Å². The summed E-state index contributed by atoms with van der Waals surface area (Å²) in [4.78, 5) is 0. The maximum atomic E-state index is 10.6. The van der Waals surface area contributed by atoms with Crippen LogP contribution in [0.5, 0.6) is 11.5 Å². The van der Waals surface area contributed by atoms with Gasteiger partial charge in [0.05, 0.1) is 0 Å². The van der Waals surface area contributed by atoms with Crippen molar-refractivity contribution in [1.29, 1.82) is 0 Å². The molecule has 0 radical (unpaired) electrons. The van der Waals surface area contributed by atoms with Crippen LogP contribution in [0.3, 0.4) is 0 Å². The van der Waals surface area contributed by atoms with Crippen molar-refractivity contribution in [3.8, 4) is 11.5 Å². The van der Waals surface area contributed by atoms with Crippen LogP contribution in [-0.2, 0) is 0 Å². The number of rotatable bonds is 4. The molecule has 0 saturated heterocycles. The minimum atomic E-state index is 0.141. The molecule has 134 valence electrons. The van der Waals surface area contributed by atoms with Crippen molar-refractivity contribution in [2.24, 2.45) is 5.92 Å². The van der Waals surface area contributed by atoms with Crippen molar-refractivity contribution >= 4 is 12.2 Å². The van der Waals surface area contributed by atoms with E-state index in [9.17, 15) is 10.2 Å². The minimum Gasteiger partial charge on any atom is -0.508 e. The van der Waals surface area contributed by atoms with Crippen LogP contribution in [0.1, 0.15) is 49.3 Å². The van der Waals surface area contributed by atoms with Gasteiger partial charge in [0.25, 0.3) is 0 Å². The third-order valence-corrected chi connectivity index (χ3v) is 5.18. The molecule has 0 aromatic heterocycles. The summed E-state index contributed by atoms with van der Waals surface area (Å²) in [6.07, 6.45) is 8.48. The van der Waals surface area contributed by atoms with Crippen molar-refractivity contribution in [1.82, 2.24) is 0 Å². The molecule has 2 heteroatoms. The van der Waals surface area contributed by atoms with E-state index in [-0.39, 0.29) is 11.7 Å². The quantitative estimate of drug-likeness (QED) is 0.505. The molecule has 26 heavy (non-hydrogen) atoms. The number of hydrogen-bond acceptors (Lipinski definition) is 2. The molecule has 3 rings (SSSR count). The average molecular weight is 346 g/mol. The first-order chi connectivity index (χ1) is 12.5. The van der Waals surface area contributed by atoms with E-state index in [4.69, 9.17) is 0 Å². The Morgan fingerprint density at radius 2 is 1.81 bits per heavy atom. The van der Waals surface area contributed by atoms with Crippen molar-refractivity contribution < 1.29 is 10.2 Å². The SMILES string of the molecule is C=C(C)C1CCC(C)=CC1c1c(O)cccc1/C=C/c1ccc(O)cc1. The number of phenolic OH excluding ortho intramolecular Hbond substituents is 2. The number of allylic oxidation sites excluding steroid dienone is 3. The zero-order valence-electron chi connectivity index (χ0n) is 15.4. The molecule has 1 aliphatic rings. The maximum absolute atomic E-state index is 10.6. The summed E-state index contributed by atoms with van der Waals surface area (Å²) in [5.74, 6) is 1.07. The predicted molar refractivity (Wildman–Crippen MR) is 109 cm³/mol. The van der Waals surface area contributed by atoms with E-state index in [0.29, 0.717) is 11.7 Å². The van der Waals surface area contributed by atoms with Gasteiger partial charge in [0.1, 0.15) is 11.5 Å². The van der Waals surface area contributed by atoms with Gasteiger partial charge in [0.2, 0.25) is 0 Å².